The topological polar surface area (TPSA) is 38.7 Å². The van der Waals surface area contributed by atoms with Crippen molar-refractivity contribution in [2.75, 3.05) is 7.11 Å². The first-order chi connectivity index (χ1) is 10.1. The van der Waals surface area contributed by atoms with Gasteiger partial charge in [-0.3, -0.25) is 0 Å². The van der Waals surface area contributed by atoms with Gasteiger partial charge in [0.2, 0.25) is 0 Å². The van der Waals surface area contributed by atoms with Crippen LogP contribution in [0.5, 0.6) is 11.5 Å². The van der Waals surface area contributed by atoms with Crippen LogP contribution in [0, 0.1) is 12.7 Å². The minimum atomic E-state index is -0.626. The molecule has 0 aromatic heterocycles. The Morgan fingerprint density at radius 1 is 1.24 bits per heavy atom. The van der Waals surface area contributed by atoms with Gasteiger partial charge in [0.1, 0.15) is 23.4 Å². The van der Waals surface area contributed by atoms with E-state index in [9.17, 15) is 9.50 Å². The summed E-state index contributed by atoms with van der Waals surface area (Å²) in [6, 6.07) is 10.3. The van der Waals surface area contributed by atoms with Gasteiger partial charge in [-0.05, 0) is 48.4 Å². The van der Waals surface area contributed by atoms with E-state index in [2.05, 4.69) is 0 Å². The average molecular weight is 288 g/mol. The summed E-state index contributed by atoms with van der Waals surface area (Å²) in [7, 11) is 1.59. The predicted molar refractivity (Wildman–Crippen MR) is 77.1 cm³/mol. The van der Waals surface area contributed by atoms with E-state index in [0.717, 1.165) is 11.1 Å². The second-order valence-corrected chi connectivity index (χ2v) is 5.27. The molecule has 2 aromatic carbocycles. The third kappa shape index (κ3) is 2.59. The van der Waals surface area contributed by atoms with Crippen molar-refractivity contribution in [3.63, 3.8) is 0 Å². The van der Waals surface area contributed by atoms with Crippen LogP contribution in [0.4, 0.5) is 4.39 Å². The maximum atomic E-state index is 13.4. The summed E-state index contributed by atoms with van der Waals surface area (Å²) in [6.45, 7) is 1.72. The van der Waals surface area contributed by atoms with Crippen molar-refractivity contribution < 1.29 is 19.0 Å². The zero-order valence-corrected chi connectivity index (χ0v) is 12.0. The molecule has 4 heteroatoms. The van der Waals surface area contributed by atoms with Gasteiger partial charge in [-0.25, -0.2) is 4.39 Å². The van der Waals surface area contributed by atoms with E-state index in [-0.39, 0.29) is 11.9 Å². The van der Waals surface area contributed by atoms with Crippen LogP contribution in [-0.4, -0.2) is 12.2 Å². The second-order valence-electron chi connectivity index (χ2n) is 5.27. The second kappa shape index (κ2) is 5.37. The monoisotopic (exact) mass is 288 g/mol. The molecule has 1 N–H and O–H groups in total. The first-order valence-corrected chi connectivity index (χ1v) is 6.87. The summed E-state index contributed by atoms with van der Waals surface area (Å²) in [4.78, 5) is 0. The lowest BCUT2D eigenvalue weighted by Gasteiger charge is -2.30. The van der Waals surface area contributed by atoms with Gasteiger partial charge in [0, 0.05) is 12.0 Å². The fraction of sp³-hybridized carbons (Fsp3) is 0.294. The molecule has 3 nitrogen and oxygen atoms in total. The molecule has 0 bridgehead atoms. The van der Waals surface area contributed by atoms with E-state index >= 15 is 0 Å². The number of hydrogen-bond donors (Lipinski definition) is 1. The third-order valence-corrected chi connectivity index (χ3v) is 3.84. The Morgan fingerprint density at radius 3 is 2.76 bits per heavy atom. The quantitative estimate of drug-likeness (QED) is 0.915. The van der Waals surface area contributed by atoms with E-state index in [1.54, 1.807) is 44.4 Å². The normalized spacial score (nSPS) is 20.6. The summed E-state index contributed by atoms with van der Waals surface area (Å²) in [5.74, 6) is 1.09. The number of fused-ring (bicyclic) bond motifs is 1. The molecule has 1 heterocycles. The van der Waals surface area contributed by atoms with Crippen molar-refractivity contribution in [2.45, 2.75) is 25.6 Å². The first-order valence-electron chi connectivity index (χ1n) is 6.87. The lowest BCUT2D eigenvalue weighted by atomic mass is 9.94. The molecule has 1 aliphatic rings. The number of hydrogen-bond acceptors (Lipinski definition) is 3. The lowest BCUT2D eigenvalue weighted by Crippen LogP contribution is -2.19. The summed E-state index contributed by atoms with van der Waals surface area (Å²) in [6.07, 6.45) is -0.468. The van der Waals surface area contributed by atoms with Crippen LogP contribution in [0.3, 0.4) is 0 Å². The average Bonchev–Trinajstić information content (AvgIpc) is 2.49. The van der Waals surface area contributed by atoms with Gasteiger partial charge >= 0.3 is 0 Å². The van der Waals surface area contributed by atoms with Crippen LogP contribution in [0.1, 0.15) is 35.3 Å². The van der Waals surface area contributed by atoms with Gasteiger partial charge in [0.25, 0.3) is 0 Å². The van der Waals surface area contributed by atoms with Gasteiger partial charge in [0.15, 0.2) is 0 Å². The Kier molecular flexibility index (Phi) is 3.55. The number of ether oxygens (including phenoxy) is 2. The maximum Gasteiger partial charge on any atom is 0.127 e. The van der Waals surface area contributed by atoms with Crippen molar-refractivity contribution in [3.05, 3.63) is 58.9 Å². The zero-order valence-electron chi connectivity index (χ0n) is 12.0. The number of halogens is 1. The molecule has 2 aromatic rings. The fourth-order valence-electron chi connectivity index (χ4n) is 2.62. The molecule has 0 spiro atoms. The van der Waals surface area contributed by atoms with Crippen molar-refractivity contribution in [2.24, 2.45) is 0 Å². The molecule has 0 amide bonds. The molecule has 110 valence electrons. The minimum Gasteiger partial charge on any atom is -0.497 e. The molecule has 21 heavy (non-hydrogen) atoms. The fourth-order valence-corrected chi connectivity index (χ4v) is 2.62. The molecule has 0 aliphatic carbocycles. The Hall–Kier alpha value is -2.07. The van der Waals surface area contributed by atoms with E-state index in [1.165, 1.54) is 6.07 Å². The largest absolute Gasteiger partial charge is 0.497 e. The van der Waals surface area contributed by atoms with Crippen LogP contribution in [0.15, 0.2) is 36.4 Å². The van der Waals surface area contributed by atoms with E-state index in [1.807, 2.05) is 0 Å². The van der Waals surface area contributed by atoms with E-state index in [0.29, 0.717) is 23.5 Å². The Bertz CT molecular complexity index is 669. The number of aryl methyl sites for hydroxylation is 1. The summed E-state index contributed by atoms with van der Waals surface area (Å²) < 4.78 is 24.5. The summed E-state index contributed by atoms with van der Waals surface area (Å²) in [5.41, 5.74) is 2.17. The van der Waals surface area contributed by atoms with E-state index in [4.69, 9.17) is 9.47 Å². The molecule has 0 saturated heterocycles. The maximum absolute atomic E-state index is 13.4. The molecule has 1 aliphatic heterocycles. The van der Waals surface area contributed by atoms with Gasteiger partial charge in [-0.1, -0.05) is 6.07 Å². The van der Waals surface area contributed by atoms with Crippen LogP contribution in [0.25, 0.3) is 0 Å². The summed E-state index contributed by atoms with van der Waals surface area (Å²) >= 11 is 0. The third-order valence-electron chi connectivity index (χ3n) is 3.84. The minimum absolute atomic E-state index is 0.236. The Morgan fingerprint density at radius 2 is 2.05 bits per heavy atom. The number of rotatable bonds is 2. The van der Waals surface area contributed by atoms with Gasteiger partial charge < -0.3 is 14.6 Å². The van der Waals surface area contributed by atoms with E-state index < -0.39 is 6.10 Å². The standard InChI is InChI=1S/C17H17FO3/c1-10-7-11(3-5-14(10)18)17-9-15(19)13-8-12(20-2)4-6-16(13)21-17/h3-8,15,17,19H,9H2,1-2H3. The molecule has 3 rings (SSSR count). The molecule has 0 radical (unpaired) electrons. The summed E-state index contributed by atoms with van der Waals surface area (Å²) in [5, 5.41) is 10.3. The molecule has 0 saturated carbocycles. The first kappa shape index (κ1) is 13.9. The highest BCUT2D eigenvalue weighted by Crippen LogP contribution is 2.42. The zero-order chi connectivity index (χ0) is 15.0. The van der Waals surface area contributed by atoms with Crippen LogP contribution >= 0.6 is 0 Å². The molecule has 2 atom stereocenters. The van der Waals surface area contributed by atoms with Crippen LogP contribution in [0.2, 0.25) is 0 Å². The SMILES string of the molecule is COc1ccc2c(c1)C(O)CC(c1ccc(F)c(C)c1)O2. The van der Waals surface area contributed by atoms with Crippen molar-refractivity contribution in [1.82, 2.24) is 0 Å². The highest BCUT2D eigenvalue weighted by atomic mass is 19.1. The highest BCUT2D eigenvalue weighted by molar-refractivity contribution is 5.44. The number of methoxy groups -OCH3 is 1. The number of aliphatic hydroxyl groups excluding tert-OH is 1. The van der Waals surface area contributed by atoms with Crippen molar-refractivity contribution in [1.29, 1.82) is 0 Å². The number of benzene rings is 2. The Labute approximate surface area is 122 Å². The van der Waals surface area contributed by atoms with Crippen molar-refractivity contribution >= 4 is 0 Å². The molecular weight excluding hydrogens is 271 g/mol. The van der Waals surface area contributed by atoms with Gasteiger partial charge in [0.05, 0.1) is 13.2 Å². The van der Waals surface area contributed by atoms with Crippen LogP contribution < -0.4 is 9.47 Å². The lowest BCUT2D eigenvalue weighted by molar-refractivity contribution is 0.0654. The molecular formula is C17H17FO3. The van der Waals surface area contributed by atoms with Crippen molar-refractivity contribution in [3.8, 4) is 11.5 Å². The van der Waals surface area contributed by atoms with Gasteiger partial charge in [-0.15, -0.1) is 0 Å². The van der Waals surface area contributed by atoms with Crippen LogP contribution in [-0.2, 0) is 0 Å². The predicted octanol–water partition coefficient (Wildman–Crippen LogP) is 3.70. The molecule has 2 unspecified atom stereocenters. The number of aliphatic hydroxyl groups is 1. The molecule has 0 fully saturated rings. The highest BCUT2D eigenvalue weighted by Gasteiger charge is 2.28. The Balaban J connectivity index is 1.92. The van der Waals surface area contributed by atoms with Gasteiger partial charge in [-0.2, -0.15) is 0 Å². The smallest absolute Gasteiger partial charge is 0.127 e.